The number of benzene rings is 1. The van der Waals surface area contributed by atoms with Gasteiger partial charge in [-0.05, 0) is 37.1 Å². The van der Waals surface area contributed by atoms with Crippen molar-refractivity contribution in [2.45, 2.75) is 33.8 Å². The number of rotatable bonds is 5. The summed E-state index contributed by atoms with van der Waals surface area (Å²) in [5.74, 6) is -0.640. The number of esters is 1. The van der Waals surface area contributed by atoms with E-state index < -0.39 is 11.6 Å². The van der Waals surface area contributed by atoms with Gasteiger partial charge in [0.05, 0.1) is 0 Å². The smallest absolute Gasteiger partial charge is 0.348 e. The summed E-state index contributed by atoms with van der Waals surface area (Å²) in [6.07, 6.45) is 0.858. The fraction of sp³-hybridized carbons (Fsp3) is 0.250. The van der Waals surface area contributed by atoms with Gasteiger partial charge in [-0.2, -0.15) is 0 Å². The third-order valence-corrected chi connectivity index (χ3v) is 5.18. The molecule has 1 aromatic carbocycles. The number of carbonyl (C=O) groups excluding carboxylic acids is 2. The van der Waals surface area contributed by atoms with Gasteiger partial charge in [-0.1, -0.05) is 6.92 Å². The number of amides is 1. The molecule has 140 valence electrons. The van der Waals surface area contributed by atoms with Crippen LogP contribution in [0.2, 0.25) is 0 Å². The van der Waals surface area contributed by atoms with Crippen molar-refractivity contribution in [3.8, 4) is 0 Å². The maximum atomic E-state index is 12.3. The van der Waals surface area contributed by atoms with Crippen LogP contribution in [0.25, 0.3) is 11.0 Å². The Bertz CT molecular complexity index is 1080. The van der Waals surface area contributed by atoms with Crippen LogP contribution in [0.5, 0.6) is 0 Å². The molecule has 3 rings (SSSR count). The summed E-state index contributed by atoms with van der Waals surface area (Å²) in [5.41, 5.74) is 1.97. The van der Waals surface area contributed by atoms with Crippen LogP contribution in [0, 0.1) is 6.92 Å². The van der Waals surface area contributed by atoms with Crippen molar-refractivity contribution in [2.75, 3.05) is 5.32 Å². The lowest BCUT2D eigenvalue weighted by Gasteiger charge is -2.08. The highest BCUT2D eigenvalue weighted by atomic mass is 32.1. The van der Waals surface area contributed by atoms with Gasteiger partial charge in [-0.3, -0.25) is 4.79 Å². The van der Waals surface area contributed by atoms with E-state index in [1.54, 1.807) is 18.2 Å². The first-order valence-electron chi connectivity index (χ1n) is 8.48. The average molecular weight is 385 g/mol. The van der Waals surface area contributed by atoms with Gasteiger partial charge in [-0.15, -0.1) is 11.3 Å². The molecule has 6 nitrogen and oxygen atoms in total. The van der Waals surface area contributed by atoms with E-state index in [9.17, 15) is 14.4 Å². The fourth-order valence-electron chi connectivity index (χ4n) is 2.82. The highest BCUT2D eigenvalue weighted by molar-refractivity contribution is 7.14. The van der Waals surface area contributed by atoms with E-state index in [0.29, 0.717) is 27.1 Å². The van der Waals surface area contributed by atoms with Crippen LogP contribution in [0.1, 0.15) is 39.5 Å². The molecule has 1 amide bonds. The van der Waals surface area contributed by atoms with E-state index in [-0.39, 0.29) is 12.5 Å². The van der Waals surface area contributed by atoms with Crippen molar-refractivity contribution in [2.24, 2.45) is 0 Å². The first-order valence-corrected chi connectivity index (χ1v) is 9.30. The first kappa shape index (κ1) is 18.8. The highest BCUT2D eigenvalue weighted by Crippen LogP contribution is 2.25. The minimum atomic E-state index is -0.547. The lowest BCUT2D eigenvalue weighted by atomic mass is 10.1. The monoisotopic (exact) mass is 385 g/mol. The molecule has 0 unspecified atom stereocenters. The van der Waals surface area contributed by atoms with Crippen LogP contribution in [0.4, 0.5) is 5.69 Å². The van der Waals surface area contributed by atoms with Gasteiger partial charge in [0.15, 0.2) is 0 Å². The van der Waals surface area contributed by atoms with Crippen molar-refractivity contribution >= 4 is 39.9 Å². The number of thiophene rings is 1. The molecule has 2 heterocycles. The first-order chi connectivity index (χ1) is 12.9. The Morgan fingerprint density at radius 2 is 1.96 bits per heavy atom. The summed E-state index contributed by atoms with van der Waals surface area (Å²) >= 11 is 1.40. The minimum absolute atomic E-state index is 0.0428. The van der Waals surface area contributed by atoms with E-state index in [2.05, 4.69) is 5.32 Å². The molecule has 0 aliphatic carbocycles. The van der Waals surface area contributed by atoms with E-state index in [4.69, 9.17) is 9.15 Å². The van der Waals surface area contributed by atoms with Gasteiger partial charge in [0.2, 0.25) is 5.91 Å². The topological polar surface area (TPSA) is 85.6 Å². The predicted octanol–water partition coefficient (Wildman–Crippen LogP) is 4.04. The number of carbonyl (C=O) groups is 2. The van der Waals surface area contributed by atoms with E-state index in [0.717, 1.165) is 16.9 Å². The van der Waals surface area contributed by atoms with Crippen LogP contribution >= 0.6 is 11.3 Å². The molecule has 0 aliphatic rings. The van der Waals surface area contributed by atoms with Crippen LogP contribution < -0.4 is 10.9 Å². The predicted molar refractivity (Wildman–Crippen MR) is 104 cm³/mol. The Balaban J connectivity index is 1.84. The van der Waals surface area contributed by atoms with Crippen molar-refractivity contribution in [3.05, 3.63) is 61.6 Å². The molecule has 2 aromatic heterocycles. The van der Waals surface area contributed by atoms with E-state index >= 15 is 0 Å². The molecule has 3 aromatic rings. The molecular formula is C20H19NO5S. The second-order valence-corrected chi connectivity index (χ2v) is 7.36. The maximum absolute atomic E-state index is 12.3. The molecule has 0 fully saturated rings. The van der Waals surface area contributed by atoms with Gasteiger partial charge in [0.25, 0.3) is 0 Å². The molecule has 0 aliphatic heterocycles. The molecule has 0 radical (unpaired) electrons. The van der Waals surface area contributed by atoms with Crippen molar-refractivity contribution in [1.82, 2.24) is 0 Å². The van der Waals surface area contributed by atoms with Gasteiger partial charge in [0, 0.05) is 40.6 Å². The molecule has 1 N–H and O–H groups in total. The summed E-state index contributed by atoms with van der Waals surface area (Å²) in [6, 6.07) is 8.15. The van der Waals surface area contributed by atoms with Crippen molar-refractivity contribution in [1.29, 1.82) is 0 Å². The third-order valence-electron chi connectivity index (χ3n) is 4.11. The number of ether oxygens (including phenoxy) is 1. The van der Waals surface area contributed by atoms with Crippen LogP contribution in [-0.4, -0.2) is 11.9 Å². The quantitative estimate of drug-likeness (QED) is 0.529. The van der Waals surface area contributed by atoms with E-state index in [1.807, 2.05) is 19.9 Å². The molecule has 0 spiro atoms. The van der Waals surface area contributed by atoms with Gasteiger partial charge >= 0.3 is 11.6 Å². The van der Waals surface area contributed by atoms with Gasteiger partial charge in [0.1, 0.15) is 17.1 Å². The maximum Gasteiger partial charge on any atom is 0.348 e. The van der Waals surface area contributed by atoms with Gasteiger partial charge in [-0.25, -0.2) is 9.59 Å². The number of anilines is 1. The zero-order valence-electron chi connectivity index (χ0n) is 15.3. The molecule has 0 bridgehead atoms. The van der Waals surface area contributed by atoms with E-state index in [1.165, 1.54) is 24.3 Å². The Morgan fingerprint density at radius 3 is 2.63 bits per heavy atom. The molecule has 27 heavy (non-hydrogen) atoms. The number of hydrogen-bond acceptors (Lipinski definition) is 6. The number of fused-ring (bicyclic) bond motifs is 1. The fourth-order valence-corrected chi connectivity index (χ4v) is 3.82. The van der Waals surface area contributed by atoms with Crippen LogP contribution in [0.3, 0.4) is 0 Å². The lowest BCUT2D eigenvalue weighted by Crippen LogP contribution is -2.08. The summed E-state index contributed by atoms with van der Waals surface area (Å²) in [6.45, 7) is 5.36. The molecular weight excluding hydrogens is 366 g/mol. The summed E-state index contributed by atoms with van der Waals surface area (Å²) in [5, 5.41) is 3.28. The van der Waals surface area contributed by atoms with Crippen molar-refractivity contribution in [3.63, 3.8) is 0 Å². The van der Waals surface area contributed by atoms with Crippen molar-refractivity contribution < 1.29 is 18.7 Å². The summed E-state index contributed by atoms with van der Waals surface area (Å²) < 4.78 is 10.6. The molecule has 0 saturated carbocycles. The molecule has 0 atom stereocenters. The second-order valence-electron chi connectivity index (χ2n) is 6.10. The minimum Gasteiger partial charge on any atom is -0.457 e. The van der Waals surface area contributed by atoms with Gasteiger partial charge < -0.3 is 14.5 Å². The second kappa shape index (κ2) is 7.75. The third kappa shape index (κ3) is 4.25. The number of nitrogens with one attached hydrogen (secondary N) is 1. The largest absolute Gasteiger partial charge is 0.457 e. The Labute approximate surface area is 159 Å². The Hall–Kier alpha value is -2.93. The summed E-state index contributed by atoms with van der Waals surface area (Å²) in [4.78, 5) is 37.0. The zero-order chi connectivity index (χ0) is 19.6. The SMILES string of the molecule is CCc1cc(C(=O)OCc2cc(=O)oc3cc(NC(C)=O)ccc23)sc1C. The van der Waals surface area contributed by atoms with Crippen LogP contribution in [-0.2, 0) is 22.6 Å². The highest BCUT2D eigenvalue weighted by Gasteiger charge is 2.15. The lowest BCUT2D eigenvalue weighted by molar-refractivity contribution is -0.114. The van der Waals surface area contributed by atoms with Crippen LogP contribution in [0.15, 0.2) is 39.5 Å². The molecule has 7 heteroatoms. The zero-order valence-corrected chi connectivity index (χ0v) is 16.1. The standard InChI is InChI=1S/C20H19NO5S/c1-4-13-7-18(27-11(13)2)20(24)25-10-14-8-19(23)26-17-9-15(21-12(3)22)5-6-16(14)17/h5-9H,4,10H2,1-3H3,(H,21,22). The number of aryl methyl sites for hydroxylation is 2. The number of hydrogen-bond donors (Lipinski definition) is 1. The normalized spacial score (nSPS) is 10.8. The Morgan fingerprint density at radius 1 is 1.19 bits per heavy atom. The Kier molecular flexibility index (Phi) is 5.41. The average Bonchev–Trinajstić information content (AvgIpc) is 2.99. The molecule has 0 saturated heterocycles. The summed E-state index contributed by atoms with van der Waals surface area (Å²) in [7, 11) is 0.